The van der Waals surface area contributed by atoms with E-state index in [4.69, 9.17) is 11.6 Å². The number of halogens is 1. The molecule has 2 rings (SSSR count). The largest absolute Gasteiger partial charge is 0.149 e. The Hall–Kier alpha value is -0.790. The van der Waals surface area contributed by atoms with Gasteiger partial charge in [-0.05, 0) is 23.9 Å². The van der Waals surface area contributed by atoms with Crippen molar-refractivity contribution in [3.05, 3.63) is 57.8 Å². The quantitative estimate of drug-likeness (QED) is 0.685. The second-order valence-corrected chi connectivity index (χ2v) is 5.22. The van der Waals surface area contributed by atoms with Gasteiger partial charge >= 0.3 is 0 Å². The predicted octanol–water partition coefficient (Wildman–Crippen LogP) is 4.58. The van der Waals surface area contributed by atoms with Gasteiger partial charge in [0.25, 0.3) is 0 Å². The first-order chi connectivity index (χ1) is 7.25. The van der Waals surface area contributed by atoms with Crippen molar-refractivity contribution < 1.29 is 0 Å². The Morgan fingerprint density at radius 2 is 1.93 bits per heavy atom. The number of thiophene rings is 1. The summed E-state index contributed by atoms with van der Waals surface area (Å²) in [5.41, 5.74) is 2.48. The SMILES string of the molecule is Cc1ccc(C(Cl)Cc2cccs2)cc1. The number of aryl methyl sites for hydroxylation is 1. The third kappa shape index (κ3) is 2.83. The minimum Gasteiger partial charge on any atom is -0.149 e. The minimum atomic E-state index is 0.0873. The Bertz CT molecular complexity index is 403. The van der Waals surface area contributed by atoms with Crippen LogP contribution in [0.3, 0.4) is 0 Å². The van der Waals surface area contributed by atoms with E-state index in [9.17, 15) is 0 Å². The van der Waals surface area contributed by atoms with E-state index in [1.54, 1.807) is 11.3 Å². The van der Waals surface area contributed by atoms with Crippen LogP contribution < -0.4 is 0 Å². The molecular formula is C13H13ClS. The van der Waals surface area contributed by atoms with Crippen LogP contribution in [0.15, 0.2) is 41.8 Å². The van der Waals surface area contributed by atoms with Gasteiger partial charge in [0.2, 0.25) is 0 Å². The van der Waals surface area contributed by atoms with Crippen LogP contribution in [0, 0.1) is 6.92 Å². The van der Waals surface area contributed by atoms with Gasteiger partial charge in [-0.3, -0.25) is 0 Å². The predicted molar refractivity (Wildman–Crippen MR) is 67.8 cm³/mol. The van der Waals surface area contributed by atoms with E-state index in [1.807, 2.05) is 0 Å². The van der Waals surface area contributed by atoms with Crippen molar-refractivity contribution in [3.8, 4) is 0 Å². The van der Waals surface area contributed by atoms with Crippen molar-refractivity contribution >= 4 is 22.9 Å². The summed E-state index contributed by atoms with van der Waals surface area (Å²) in [5.74, 6) is 0. The first-order valence-electron chi connectivity index (χ1n) is 4.99. The molecule has 78 valence electrons. The van der Waals surface area contributed by atoms with Crippen LogP contribution in [0.5, 0.6) is 0 Å². The van der Waals surface area contributed by atoms with E-state index in [2.05, 4.69) is 48.7 Å². The molecule has 1 atom stereocenters. The summed E-state index contributed by atoms with van der Waals surface area (Å²) < 4.78 is 0. The van der Waals surface area contributed by atoms with E-state index >= 15 is 0 Å². The topological polar surface area (TPSA) is 0 Å². The zero-order valence-corrected chi connectivity index (χ0v) is 10.2. The number of hydrogen-bond donors (Lipinski definition) is 0. The summed E-state index contributed by atoms with van der Waals surface area (Å²) in [6, 6.07) is 12.6. The molecule has 0 aliphatic heterocycles. The number of alkyl halides is 1. The maximum atomic E-state index is 6.36. The minimum absolute atomic E-state index is 0.0873. The van der Waals surface area contributed by atoms with Gasteiger partial charge in [-0.15, -0.1) is 22.9 Å². The molecule has 0 bridgehead atoms. The van der Waals surface area contributed by atoms with Crippen molar-refractivity contribution in [2.75, 3.05) is 0 Å². The van der Waals surface area contributed by atoms with E-state index in [-0.39, 0.29) is 5.38 Å². The lowest BCUT2D eigenvalue weighted by Crippen LogP contribution is -1.93. The maximum Gasteiger partial charge on any atom is 0.0633 e. The molecule has 0 fully saturated rings. The molecule has 0 saturated heterocycles. The molecular weight excluding hydrogens is 224 g/mol. The van der Waals surface area contributed by atoms with Gasteiger partial charge in [0, 0.05) is 11.3 Å². The molecule has 1 aromatic heterocycles. The summed E-state index contributed by atoms with van der Waals surface area (Å²) in [5, 5.41) is 2.18. The Morgan fingerprint density at radius 3 is 2.53 bits per heavy atom. The van der Waals surface area contributed by atoms with Crippen molar-refractivity contribution in [3.63, 3.8) is 0 Å². The van der Waals surface area contributed by atoms with Gasteiger partial charge in [0.15, 0.2) is 0 Å². The van der Waals surface area contributed by atoms with Crippen LogP contribution in [0.2, 0.25) is 0 Å². The smallest absolute Gasteiger partial charge is 0.0633 e. The highest BCUT2D eigenvalue weighted by Gasteiger charge is 2.08. The second kappa shape index (κ2) is 4.82. The van der Waals surface area contributed by atoms with Crippen LogP contribution in [-0.2, 0) is 6.42 Å². The first-order valence-corrected chi connectivity index (χ1v) is 6.30. The Balaban J connectivity index is 2.08. The van der Waals surface area contributed by atoms with Crippen LogP contribution in [0.1, 0.15) is 21.4 Å². The highest BCUT2D eigenvalue weighted by molar-refractivity contribution is 7.09. The molecule has 0 nitrogen and oxygen atoms in total. The third-order valence-electron chi connectivity index (χ3n) is 2.40. The van der Waals surface area contributed by atoms with Crippen molar-refractivity contribution in [1.29, 1.82) is 0 Å². The van der Waals surface area contributed by atoms with Crippen molar-refractivity contribution in [1.82, 2.24) is 0 Å². The molecule has 1 aromatic carbocycles. The van der Waals surface area contributed by atoms with E-state index in [0.717, 1.165) is 6.42 Å². The van der Waals surface area contributed by atoms with Crippen molar-refractivity contribution in [2.24, 2.45) is 0 Å². The molecule has 15 heavy (non-hydrogen) atoms. The van der Waals surface area contributed by atoms with Crippen LogP contribution in [-0.4, -0.2) is 0 Å². The van der Waals surface area contributed by atoms with E-state index in [0.29, 0.717) is 0 Å². The van der Waals surface area contributed by atoms with Crippen molar-refractivity contribution in [2.45, 2.75) is 18.7 Å². The maximum absolute atomic E-state index is 6.36. The lowest BCUT2D eigenvalue weighted by Gasteiger charge is -2.08. The molecule has 0 aliphatic carbocycles. The second-order valence-electron chi connectivity index (χ2n) is 3.66. The fourth-order valence-corrected chi connectivity index (χ4v) is 2.65. The molecule has 0 radical (unpaired) electrons. The highest BCUT2D eigenvalue weighted by Crippen LogP contribution is 2.26. The molecule has 0 spiro atoms. The molecule has 1 heterocycles. The van der Waals surface area contributed by atoms with Gasteiger partial charge in [-0.1, -0.05) is 35.9 Å². The summed E-state index contributed by atoms with van der Waals surface area (Å²) >= 11 is 8.12. The van der Waals surface area contributed by atoms with Crippen LogP contribution >= 0.6 is 22.9 Å². The fourth-order valence-electron chi connectivity index (χ4n) is 1.50. The average molecular weight is 237 g/mol. The summed E-state index contributed by atoms with van der Waals surface area (Å²) in [4.78, 5) is 1.34. The Labute approximate surface area is 99.5 Å². The molecule has 0 N–H and O–H groups in total. The first kappa shape index (κ1) is 10.7. The van der Waals surface area contributed by atoms with Gasteiger partial charge in [0.05, 0.1) is 5.38 Å². The normalized spacial score (nSPS) is 12.7. The lowest BCUT2D eigenvalue weighted by atomic mass is 10.1. The summed E-state index contributed by atoms with van der Waals surface area (Å²) in [6.45, 7) is 2.09. The Kier molecular flexibility index (Phi) is 3.45. The summed E-state index contributed by atoms with van der Waals surface area (Å²) in [6.07, 6.45) is 0.919. The van der Waals surface area contributed by atoms with Crippen LogP contribution in [0.25, 0.3) is 0 Å². The van der Waals surface area contributed by atoms with Gasteiger partial charge in [-0.2, -0.15) is 0 Å². The fraction of sp³-hybridized carbons (Fsp3) is 0.231. The molecule has 0 amide bonds. The van der Waals surface area contributed by atoms with E-state index in [1.165, 1.54) is 16.0 Å². The Morgan fingerprint density at radius 1 is 1.20 bits per heavy atom. The van der Waals surface area contributed by atoms with Gasteiger partial charge in [0.1, 0.15) is 0 Å². The molecule has 2 aromatic rings. The highest BCUT2D eigenvalue weighted by atomic mass is 35.5. The van der Waals surface area contributed by atoms with Crippen LogP contribution in [0.4, 0.5) is 0 Å². The third-order valence-corrected chi connectivity index (χ3v) is 3.70. The van der Waals surface area contributed by atoms with E-state index < -0.39 is 0 Å². The van der Waals surface area contributed by atoms with Gasteiger partial charge < -0.3 is 0 Å². The monoisotopic (exact) mass is 236 g/mol. The molecule has 2 heteroatoms. The molecule has 0 aliphatic rings. The standard InChI is InChI=1S/C13H13ClS/c1-10-4-6-11(7-5-10)13(14)9-12-3-2-8-15-12/h2-8,13H,9H2,1H3. The molecule has 0 saturated carbocycles. The molecule has 1 unspecified atom stereocenters. The number of hydrogen-bond acceptors (Lipinski definition) is 1. The zero-order valence-electron chi connectivity index (χ0n) is 8.61. The van der Waals surface area contributed by atoms with Gasteiger partial charge in [-0.25, -0.2) is 0 Å². The average Bonchev–Trinajstić information content (AvgIpc) is 2.71. The zero-order chi connectivity index (χ0) is 10.7. The number of benzene rings is 1. The number of rotatable bonds is 3. The lowest BCUT2D eigenvalue weighted by molar-refractivity contribution is 0.937. The summed E-state index contributed by atoms with van der Waals surface area (Å²) in [7, 11) is 0.